The van der Waals surface area contributed by atoms with Crippen molar-refractivity contribution in [1.82, 2.24) is 10.6 Å². The molecule has 29 heavy (non-hydrogen) atoms. The Hall–Kier alpha value is -2.28. The van der Waals surface area contributed by atoms with Crippen molar-refractivity contribution in [2.75, 3.05) is 32.1 Å². The number of aliphatic imine (C=N–C) groups is 1. The molecule has 0 spiro atoms. The van der Waals surface area contributed by atoms with Crippen molar-refractivity contribution in [3.8, 4) is 0 Å². The van der Waals surface area contributed by atoms with E-state index in [1.807, 2.05) is 6.07 Å². The van der Waals surface area contributed by atoms with Gasteiger partial charge in [-0.2, -0.15) is 0 Å². The van der Waals surface area contributed by atoms with Crippen LogP contribution in [0.2, 0.25) is 0 Å². The highest BCUT2D eigenvalue weighted by Crippen LogP contribution is 2.19. The summed E-state index contributed by atoms with van der Waals surface area (Å²) in [5, 5.41) is 7.87. The number of benzene rings is 1. The summed E-state index contributed by atoms with van der Waals surface area (Å²) in [6, 6.07) is 5.28. The van der Waals surface area contributed by atoms with E-state index >= 15 is 0 Å². The van der Waals surface area contributed by atoms with Crippen LogP contribution in [0.4, 0.5) is 18.9 Å². The van der Waals surface area contributed by atoms with E-state index in [4.69, 9.17) is 9.15 Å². The molecule has 0 saturated carbocycles. The number of carbonyl (C=O) groups excluding carboxylic acids is 1. The Kier molecular flexibility index (Phi) is 11.1. The third-order valence-electron chi connectivity index (χ3n) is 3.53. The van der Waals surface area contributed by atoms with Crippen LogP contribution in [-0.4, -0.2) is 38.6 Å². The molecule has 0 radical (unpaired) electrons. The highest BCUT2D eigenvalue weighted by Gasteiger charge is 2.15. The number of hydrogen-bond donors (Lipinski definition) is 3. The van der Waals surface area contributed by atoms with E-state index in [0.29, 0.717) is 32.1 Å². The Labute approximate surface area is 183 Å². The second-order valence-electron chi connectivity index (χ2n) is 5.61. The topological polar surface area (TPSA) is 87.9 Å². The molecule has 0 unspecified atom stereocenters. The summed E-state index contributed by atoms with van der Waals surface area (Å²) < 4.78 is 50.2. The van der Waals surface area contributed by atoms with E-state index in [9.17, 15) is 18.0 Å². The fourth-order valence-electron chi connectivity index (χ4n) is 2.15. The molecule has 0 aliphatic rings. The van der Waals surface area contributed by atoms with E-state index in [1.54, 1.807) is 12.3 Å². The molecule has 2 aromatic rings. The normalized spacial score (nSPS) is 11.0. The van der Waals surface area contributed by atoms with Crippen LogP contribution in [0, 0.1) is 17.5 Å². The highest BCUT2D eigenvalue weighted by atomic mass is 127. The van der Waals surface area contributed by atoms with Crippen LogP contribution < -0.4 is 16.0 Å². The summed E-state index contributed by atoms with van der Waals surface area (Å²) in [5.41, 5.74) is -0.442. The minimum absolute atomic E-state index is 0. The molecule has 0 fully saturated rings. The average Bonchev–Trinajstić information content (AvgIpc) is 3.21. The van der Waals surface area contributed by atoms with Gasteiger partial charge in [0.25, 0.3) is 0 Å². The molecule has 7 nitrogen and oxygen atoms in total. The van der Waals surface area contributed by atoms with Gasteiger partial charge in [-0.05, 0) is 30.7 Å². The molecule has 0 saturated heterocycles. The number of ether oxygens (including phenoxy) is 1. The molecule has 11 heteroatoms. The lowest BCUT2D eigenvalue weighted by molar-refractivity contribution is -0.115. The standard InChI is InChI=1S/C18H21F3N4O3.HI/c1-22-18(23-7-3-8-27-11-12-4-2-9-28-12)24-10-15(26)25-14-6-5-13(19)16(20)17(14)21;/h2,4-6,9H,3,7-8,10-11H2,1H3,(H,25,26)(H2,22,23,24);1H. The van der Waals surface area contributed by atoms with E-state index in [-0.39, 0.29) is 30.5 Å². The average molecular weight is 526 g/mol. The molecular formula is C18H22F3IN4O3. The van der Waals surface area contributed by atoms with Crippen LogP contribution in [-0.2, 0) is 16.1 Å². The maximum atomic E-state index is 13.5. The van der Waals surface area contributed by atoms with Crippen LogP contribution in [0.25, 0.3) is 0 Å². The number of anilines is 1. The fourth-order valence-corrected chi connectivity index (χ4v) is 2.15. The molecule has 1 aromatic carbocycles. The lowest BCUT2D eigenvalue weighted by atomic mass is 10.2. The van der Waals surface area contributed by atoms with E-state index < -0.39 is 29.0 Å². The molecule has 1 heterocycles. The third-order valence-corrected chi connectivity index (χ3v) is 3.53. The van der Waals surface area contributed by atoms with Gasteiger partial charge in [-0.3, -0.25) is 9.79 Å². The van der Waals surface area contributed by atoms with Gasteiger partial charge in [0.15, 0.2) is 23.4 Å². The Morgan fingerprint density at radius 1 is 1.17 bits per heavy atom. The maximum absolute atomic E-state index is 13.5. The maximum Gasteiger partial charge on any atom is 0.243 e. The number of hydrogen-bond acceptors (Lipinski definition) is 4. The van der Waals surface area contributed by atoms with Crippen molar-refractivity contribution >= 4 is 41.5 Å². The molecule has 2 rings (SSSR count). The van der Waals surface area contributed by atoms with Gasteiger partial charge >= 0.3 is 0 Å². The largest absolute Gasteiger partial charge is 0.467 e. The van der Waals surface area contributed by atoms with E-state index in [2.05, 4.69) is 20.9 Å². The van der Waals surface area contributed by atoms with Crippen LogP contribution in [0.15, 0.2) is 39.9 Å². The number of nitrogens with one attached hydrogen (secondary N) is 3. The quantitative estimate of drug-likeness (QED) is 0.154. The van der Waals surface area contributed by atoms with Crippen LogP contribution >= 0.6 is 24.0 Å². The van der Waals surface area contributed by atoms with Gasteiger partial charge in [0.05, 0.1) is 18.5 Å². The number of rotatable bonds is 9. The summed E-state index contributed by atoms with van der Waals surface area (Å²) in [6.07, 6.45) is 2.26. The molecule has 160 valence electrons. The Balaban J connectivity index is 0.00000420. The molecule has 0 bridgehead atoms. The first kappa shape index (κ1) is 24.8. The molecule has 0 aliphatic heterocycles. The zero-order valence-electron chi connectivity index (χ0n) is 15.6. The zero-order valence-corrected chi connectivity index (χ0v) is 18.0. The molecule has 1 aromatic heterocycles. The number of guanidine groups is 1. The molecule has 1 amide bonds. The lowest BCUT2D eigenvalue weighted by Crippen LogP contribution is -2.42. The highest BCUT2D eigenvalue weighted by molar-refractivity contribution is 14.0. The predicted molar refractivity (Wildman–Crippen MR) is 113 cm³/mol. The molecular weight excluding hydrogens is 504 g/mol. The Morgan fingerprint density at radius 3 is 2.66 bits per heavy atom. The van der Waals surface area contributed by atoms with Gasteiger partial charge in [0.1, 0.15) is 12.4 Å². The van der Waals surface area contributed by atoms with Gasteiger partial charge in [-0.15, -0.1) is 24.0 Å². The molecule has 0 aliphatic carbocycles. The summed E-state index contributed by atoms with van der Waals surface area (Å²) >= 11 is 0. The minimum atomic E-state index is -1.64. The van der Waals surface area contributed by atoms with Gasteiger partial charge in [-0.1, -0.05) is 0 Å². The number of carbonyl (C=O) groups is 1. The van der Waals surface area contributed by atoms with E-state index in [0.717, 1.165) is 17.9 Å². The number of halogens is 4. The predicted octanol–water partition coefficient (Wildman–Crippen LogP) is 3.03. The van der Waals surface area contributed by atoms with Crippen molar-refractivity contribution in [1.29, 1.82) is 0 Å². The summed E-state index contributed by atoms with van der Waals surface area (Å²) in [4.78, 5) is 15.8. The second kappa shape index (κ2) is 13.0. The van der Waals surface area contributed by atoms with Crippen molar-refractivity contribution in [3.05, 3.63) is 53.7 Å². The monoisotopic (exact) mass is 526 g/mol. The first-order valence-electron chi connectivity index (χ1n) is 8.49. The molecule has 3 N–H and O–H groups in total. The fraction of sp³-hybridized carbons (Fsp3) is 0.333. The Bertz CT molecular complexity index is 804. The minimum Gasteiger partial charge on any atom is -0.467 e. The first-order valence-corrected chi connectivity index (χ1v) is 8.49. The van der Waals surface area contributed by atoms with Crippen molar-refractivity contribution < 1.29 is 27.1 Å². The second-order valence-corrected chi connectivity index (χ2v) is 5.61. The lowest BCUT2D eigenvalue weighted by Gasteiger charge is -2.12. The summed E-state index contributed by atoms with van der Waals surface area (Å²) in [7, 11) is 1.52. The van der Waals surface area contributed by atoms with Crippen molar-refractivity contribution in [3.63, 3.8) is 0 Å². The number of furan rings is 1. The van der Waals surface area contributed by atoms with Gasteiger partial charge in [0, 0.05) is 20.2 Å². The number of amides is 1. The smallest absolute Gasteiger partial charge is 0.243 e. The third kappa shape index (κ3) is 8.31. The molecule has 0 atom stereocenters. The van der Waals surface area contributed by atoms with Gasteiger partial charge < -0.3 is 25.1 Å². The summed E-state index contributed by atoms with van der Waals surface area (Å²) in [5.74, 6) is -3.97. The van der Waals surface area contributed by atoms with Crippen LogP contribution in [0.5, 0.6) is 0 Å². The van der Waals surface area contributed by atoms with Crippen LogP contribution in [0.1, 0.15) is 12.2 Å². The first-order chi connectivity index (χ1) is 13.5. The van der Waals surface area contributed by atoms with Crippen LogP contribution in [0.3, 0.4) is 0 Å². The van der Waals surface area contributed by atoms with Gasteiger partial charge in [-0.25, -0.2) is 13.2 Å². The Morgan fingerprint density at radius 2 is 1.97 bits per heavy atom. The SMILES string of the molecule is CN=C(NCCCOCc1ccco1)NCC(=O)Nc1ccc(F)c(F)c1F.I. The van der Waals surface area contributed by atoms with Crippen molar-refractivity contribution in [2.45, 2.75) is 13.0 Å². The van der Waals surface area contributed by atoms with Crippen molar-refractivity contribution in [2.24, 2.45) is 4.99 Å². The zero-order chi connectivity index (χ0) is 20.4. The number of nitrogens with zero attached hydrogens (tertiary/aromatic N) is 1. The van der Waals surface area contributed by atoms with Gasteiger partial charge in [0.2, 0.25) is 5.91 Å². The summed E-state index contributed by atoms with van der Waals surface area (Å²) in [6.45, 7) is 1.19. The van der Waals surface area contributed by atoms with E-state index in [1.165, 1.54) is 7.05 Å².